The van der Waals surface area contributed by atoms with E-state index in [-0.39, 0.29) is 45.3 Å². The summed E-state index contributed by atoms with van der Waals surface area (Å²) >= 11 is 0. The van der Waals surface area contributed by atoms with Crippen LogP contribution in [-0.4, -0.2) is 97.3 Å². The molecule has 0 saturated carbocycles. The van der Waals surface area contributed by atoms with Crippen LogP contribution in [0.1, 0.15) is 125 Å². The highest BCUT2D eigenvalue weighted by atomic mass is 16.8. The Morgan fingerprint density at radius 1 is 0.288 bits per heavy atom. The van der Waals surface area contributed by atoms with Gasteiger partial charge in [0.25, 0.3) is 0 Å². The second kappa shape index (κ2) is 24.3. The number of hydrogen-bond acceptors (Lipinski definition) is 20. The maximum atomic E-state index is 13.6. The van der Waals surface area contributed by atoms with Crippen molar-refractivity contribution in [3.8, 4) is 23.0 Å². The van der Waals surface area contributed by atoms with E-state index in [2.05, 4.69) is 0 Å². The summed E-state index contributed by atoms with van der Waals surface area (Å²) in [6, 6.07) is 20.9. The molecule has 0 atom stereocenters. The van der Waals surface area contributed by atoms with E-state index in [9.17, 15) is 38.4 Å². The van der Waals surface area contributed by atoms with Crippen LogP contribution in [0.3, 0.4) is 0 Å². The zero-order chi connectivity index (χ0) is 54.4. The van der Waals surface area contributed by atoms with E-state index in [1.54, 1.807) is 83.1 Å². The molecule has 20 heteroatoms. The van der Waals surface area contributed by atoms with Crippen molar-refractivity contribution < 1.29 is 95.2 Å². The molecule has 0 aliphatic rings. The van der Waals surface area contributed by atoms with Gasteiger partial charge in [0.2, 0.25) is 0 Å². The number of rotatable bonds is 16. The first kappa shape index (κ1) is 57.4. The fourth-order valence-electron chi connectivity index (χ4n) is 5.56. The first-order valence-electron chi connectivity index (χ1n) is 22.6. The van der Waals surface area contributed by atoms with Crippen LogP contribution in [0, 0.1) is 5.41 Å². The van der Waals surface area contributed by atoms with Crippen molar-refractivity contribution in [3.63, 3.8) is 0 Å². The summed E-state index contributed by atoms with van der Waals surface area (Å²) in [6.45, 7) is 17.0. The van der Waals surface area contributed by atoms with Crippen molar-refractivity contribution in [2.24, 2.45) is 5.41 Å². The number of hydrogen-bond donors (Lipinski definition) is 0. The van der Waals surface area contributed by atoms with E-state index in [0.717, 1.165) is 0 Å². The quantitative estimate of drug-likeness (QED) is 0.0575. The summed E-state index contributed by atoms with van der Waals surface area (Å²) in [4.78, 5) is 103. The molecule has 4 rings (SSSR count). The fourth-order valence-corrected chi connectivity index (χ4v) is 5.56. The molecular formula is C53H60O20. The van der Waals surface area contributed by atoms with Gasteiger partial charge in [-0.1, -0.05) is 0 Å². The predicted molar refractivity (Wildman–Crippen MR) is 257 cm³/mol. The minimum absolute atomic E-state index is 0.0347. The van der Waals surface area contributed by atoms with Crippen LogP contribution >= 0.6 is 0 Å². The third kappa shape index (κ3) is 21.0. The lowest BCUT2D eigenvalue weighted by Crippen LogP contribution is -2.44. The van der Waals surface area contributed by atoms with Crippen molar-refractivity contribution >= 4 is 48.5 Å². The molecule has 0 radical (unpaired) electrons. The maximum absolute atomic E-state index is 13.6. The summed E-state index contributed by atoms with van der Waals surface area (Å²) < 4.78 is 64.4. The SMILES string of the molecule is CC(C)(C)OC(=O)Oc1ccc(C(=O)OCC(COC(=O)c2ccc(OC(=O)OC(C)(C)C)cc2)(COC(=O)c2ccc(OC(=O)OC(C)(C)C)cc2)COC(=O)c2ccc(OC(=O)OC(C)(C)C)cc2)cc1. The molecule has 0 heterocycles. The minimum Gasteiger partial charge on any atom is -0.461 e. The maximum Gasteiger partial charge on any atom is 0.514 e. The lowest BCUT2D eigenvalue weighted by atomic mass is 9.92. The Kier molecular flexibility index (Phi) is 19.1. The van der Waals surface area contributed by atoms with Gasteiger partial charge < -0.3 is 56.8 Å². The second-order valence-electron chi connectivity index (χ2n) is 20.2. The molecule has 0 unspecified atom stereocenters. The zero-order valence-corrected chi connectivity index (χ0v) is 42.7. The van der Waals surface area contributed by atoms with Gasteiger partial charge in [-0.2, -0.15) is 0 Å². The van der Waals surface area contributed by atoms with Crippen molar-refractivity contribution in [3.05, 3.63) is 119 Å². The molecule has 0 fully saturated rings. The van der Waals surface area contributed by atoms with Crippen LogP contribution in [0.4, 0.5) is 19.2 Å². The van der Waals surface area contributed by atoms with Gasteiger partial charge in [0.15, 0.2) is 0 Å². The third-order valence-electron chi connectivity index (χ3n) is 8.76. The predicted octanol–water partition coefficient (Wildman–Crippen LogP) is 10.7. The van der Waals surface area contributed by atoms with E-state index < -0.39 is 103 Å². The van der Waals surface area contributed by atoms with E-state index in [4.69, 9.17) is 56.8 Å². The Hall–Kier alpha value is -8.16. The number of ether oxygens (including phenoxy) is 12. The Bertz CT molecular complexity index is 2210. The smallest absolute Gasteiger partial charge is 0.461 e. The molecule has 0 saturated heterocycles. The second-order valence-corrected chi connectivity index (χ2v) is 20.2. The zero-order valence-electron chi connectivity index (χ0n) is 42.7. The van der Waals surface area contributed by atoms with Gasteiger partial charge in [-0.25, -0.2) is 38.4 Å². The molecule has 0 spiro atoms. The van der Waals surface area contributed by atoms with Gasteiger partial charge in [0.1, 0.15) is 77.2 Å². The van der Waals surface area contributed by atoms with Crippen LogP contribution in [0.5, 0.6) is 23.0 Å². The van der Waals surface area contributed by atoms with Gasteiger partial charge in [0, 0.05) is 0 Å². The summed E-state index contributed by atoms with van der Waals surface area (Å²) in [5.41, 5.74) is -5.33. The molecule has 0 bridgehead atoms. The Labute approximate surface area is 422 Å². The number of esters is 4. The summed E-state index contributed by atoms with van der Waals surface area (Å²) in [6.07, 6.45) is -3.92. The first-order chi connectivity index (χ1) is 33.8. The molecule has 0 aromatic heterocycles. The van der Waals surface area contributed by atoms with E-state index in [1.165, 1.54) is 97.1 Å². The van der Waals surface area contributed by atoms with Crippen molar-refractivity contribution in [2.75, 3.05) is 26.4 Å². The lowest BCUT2D eigenvalue weighted by molar-refractivity contribution is -0.0642. The Morgan fingerprint density at radius 3 is 0.603 bits per heavy atom. The summed E-state index contributed by atoms with van der Waals surface area (Å²) in [5.74, 6) is -3.60. The highest BCUT2D eigenvalue weighted by Crippen LogP contribution is 2.27. The van der Waals surface area contributed by atoms with E-state index in [0.29, 0.717) is 0 Å². The Balaban J connectivity index is 1.64. The minimum atomic E-state index is -1.85. The van der Waals surface area contributed by atoms with E-state index >= 15 is 0 Å². The first-order valence-corrected chi connectivity index (χ1v) is 22.6. The number of benzene rings is 4. The molecule has 4 aromatic rings. The average Bonchev–Trinajstić information content (AvgIpc) is 3.26. The highest BCUT2D eigenvalue weighted by molar-refractivity contribution is 5.91. The van der Waals surface area contributed by atoms with Gasteiger partial charge in [-0.3, -0.25) is 0 Å². The normalized spacial score (nSPS) is 11.7. The summed E-state index contributed by atoms with van der Waals surface area (Å²) in [5, 5.41) is 0. The molecule has 0 aliphatic carbocycles. The Morgan fingerprint density at radius 2 is 0.452 bits per heavy atom. The van der Waals surface area contributed by atoms with Crippen molar-refractivity contribution in [2.45, 2.75) is 105 Å². The monoisotopic (exact) mass is 1020 g/mol. The van der Waals surface area contributed by atoms with Gasteiger partial charge in [0.05, 0.1) is 22.3 Å². The van der Waals surface area contributed by atoms with Crippen LogP contribution in [-0.2, 0) is 37.9 Å². The lowest BCUT2D eigenvalue weighted by Gasteiger charge is -2.31. The largest absolute Gasteiger partial charge is 0.514 e. The molecule has 4 aromatic carbocycles. The van der Waals surface area contributed by atoms with Crippen LogP contribution < -0.4 is 18.9 Å². The third-order valence-corrected chi connectivity index (χ3v) is 8.76. The summed E-state index contributed by atoms with van der Waals surface area (Å²) in [7, 11) is 0. The molecule has 73 heavy (non-hydrogen) atoms. The van der Waals surface area contributed by atoms with Crippen LogP contribution in [0.2, 0.25) is 0 Å². The topological polar surface area (TPSA) is 247 Å². The van der Waals surface area contributed by atoms with E-state index in [1.807, 2.05) is 0 Å². The molecule has 20 nitrogen and oxygen atoms in total. The fraction of sp³-hybridized carbons (Fsp3) is 0.396. The molecule has 392 valence electrons. The molecular weight excluding hydrogens is 957 g/mol. The highest BCUT2D eigenvalue weighted by Gasteiger charge is 2.39. The van der Waals surface area contributed by atoms with Crippen molar-refractivity contribution in [1.82, 2.24) is 0 Å². The van der Waals surface area contributed by atoms with Crippen LogP contribution in [0.25, 0.3) is 0 Å². The van der Waals surface area contributed by atoms with Crippen LogP contribution in [0.15, 0.2) is 97.1 Å². The van der Waals surface area contributed by atoms with Gasteiger partial charge in [-0.15, -0.1) is 0 Å². The molecule has 0 aliphatic heterocycles. The van der Waals surface area contributed by atoms with Gasteiger partial charge >= 0.3 is 48.5 Å². The molecule has 0 N–H and O–H groups in total. The van der Waals surface area contributed by atoms with Crippen molar-refractivity contribution in [1.29, 1.82) is 0 Å². The van der Waals surface area contributed by atoms with Gasteiger partial charge in [-0.05, 0) is 180 Å². The average molecular weight is 1020 g/mol. The number of carbonyl (C=O) groups is 8. The standard InChI is InChI=1S/C53H60O20/c1-49(2,3)70-45(58)66-37-21-13-33(14-22-37)41(54)62-29-53(30-63-42(55)34-15-23-38(24-16-34)67-46(59)71-50(4,5)6,31-64-43(56)35-17-25-39(26-18-35)68-47(60)72-51(7,8)9)32-65-44(57)36-19-27-40(28-20-36)69-48(61)73-52(10,11)12/h13-28H,29-32H2,1-12H3. The molecule has 0 amide bonds. The number of carbonyl (C=O) groups excluding carboxylic acids is 8.